The Hall–Kier alpha value is -1.55. The molecule has 15 heavy (non-hydrogen) atoms. The van der Waals surface area contributed by atoms with Gasteiger partial charge in [-0.3, -0.25) is 0 Å². The van der Waals surface area contributed by atoms with Gasteiger partial charge < -0.3 is 10.5 Å². The number of rotatable bonds is 1. The fourth-order valence-corrected chi connectivity index (χ4v) is 1.75. The van der Waals surface area contributed by atoms with Crippen LogP contribution in [0, 0.1) is 0 Å². The maximum atomic E-state index is 10.6. The van der Waals surface area contributed by atoms with Crippen molar-refractivity contribution in [2.45, 2.75) is 0 Å². The lowest BCUT2D eigenvalue weighted by molar-refractivity contribution is 0.211. The van der Waals surface area contributed by atoms with Crippen LogP contribution >= 0.6 is 15.9 Å². The molecule has 4 heteroatoms. The summed E-state index contributed by atoms with van der Waals surface area (Å²) in [6.45, 7) is 0. The third kappa shape index (κ3) is 2.27. The second kappa shape index (κ2) is 3.90. The number of primary amides is 1. The van der Waals surface area contributed by atoms with Crippen molar-refractivity contribution >= 4 is 32.8 Å². The molecule has 1 amide bonds. The van der Waals surface area contributed by atoms with E-state index >= 15 is 0 Å². The lowest BCUT2D eigenvalue weighted by atomic mass is 10.1. The first-order valence-corrected chi connectivity index (χ1v) is 5.11. The Kier molecular flexibility index (Phi) is 2.60. The second-order valence-corrected chi connectivity index (χ2v) is 3.99. The first-order chi connectivity index (χ1) is 7.15. The third-order valence-corrected chi connectivity index (χ3v) is 2.49. The largest absolute Gasteiger partial charge is 0.410 e. The van der Waals surface area contributed by atoms with E-state index in [-0.39, 0.29) is 0 Å². The van der Waals surface area contributed by atoms with Crippen LogP contribution in [0.4, 0.5) is 4.79 Å². The summed E-state index contributed by atoms with van der Waals surface area (Å²) in [7, 11) is 0. The van der Waals surface area contributed by atoms with Gasteiger partial charge in [0.05, 0.1) is 0 Å². The fraction of sp³-hybridized carbons (Fsp3) is 0. The number of fused-ring (bicyclic) bond motifs is 1. The van der Waals surface area contributed by atoms with Crippen molar-refractivity contribution in [1.29, 1.82) is 0 Å². The van der Waals surface area contributed by atoms with E-state index in [1.54, 1.807) is 12.1 Å². The number of benzene rings is 2. The van der Waals surface area contributed by atoms with Crippen LogP contribution in [0.15, 0.2) is 40.9 Å². The van der Waals surface area contributed by atoms with Gasteiger partial charge in [0.2, 0.25) is 0 Å². The number of amides is 1. The summed E-state index contributed by atoms with van der Waals surface area (Å²) in [5.41, 5.74) is 4.92. The minimum absolute atomic E-state index is 0.456. The molecule has 0 spiro atoms. The number of carbonyl (C=O) groups excluding carboxylic acids is 1. The molecule has 2 N–H and O–H groups in total. The Labute approximate surface area is 95.0 Å². The Morgan fingerprint density at radius 1 is 1.13 bits per heavy atom. The van der Waals surface area contributed by atoms with Crippen molar-refractivity contribution in [2.24, 2.45) is 5.73 Å². The highest BCUT2D eigenvalue weighted by Gasteiger charge is 2.00. The van der Waals surface area contributed by atoms with E-state index in [9.17, 15) is 4.79 Å². The Balaban J connectivity index is 2.47. The zero-order valence-corrected chi connectivity index (χ0v) is 9.32. The first kappa shape index (κ1) is 9.98. The van der Waals surface area contributed by atoms with Crippen molar-refractivity contribution in [1.82, 2.24) is 0 Å². The Bertz CT molecular complexity index is 525. The quantitative estimate of drug-likeness (QED) is 0.862. The summed E-state index contributed by atoms with van der Waals surface area (Å²) in [6.07, 6.45) is -0.800. The Morgan fingerprint density at radius 3 is 2.53 bits per heavy atom. The van der Waals surface area contributed by atoms with Crippen molar-refractivity contribution in [3.63, 3.8) is 0 Å². The Morgan fingerprint density at radius 2 is 1.80 bits per heavy atom. The van der Waals surface area contributed by atoms with Crippen LogP contribution in [0.1, 0.15) is 0 Å². The van der Waals surface area contributed by atoms with Gasteiger partial charge in [-0.15, -0.1) is 0 Å². The van der Waals surface area contributed by atoms with E-state index in [0.29, 0.717) is 5.75 Å². The predicted octanol–water partition coefficient (Wildman–Crippen LogP) is 3.06. The summed E-state index contributed by atoms with van der Waals surface area (Å²) >= 11 is 3.39. The van der Waals surface area contributed by atoms with E-state index in [4.69, 9.17) is 10.5 Å². The van der Waals surface area contributed by atoms with Gasteiger partial charge in [0.1, 0.15) is 5.75 Å². The minimum Gasteiger partial charge on any atom is -0.410 e. The molecular formula is C11H8BrNO2. The van der Waals surface area contributed by atoms with Crippen LogP contribution in [0.3, 0.4) is 0 Å². The normalized spacial score (nSPS) is 10.2. The SMILES string of the molecule is NC(=O)Oc1ccc2cc(Br)ccc2c1. The molecule has 76 valence electrons. The summed E-state index contributed by atoms with van der Waals surface area (Å²) in [5.74, 6) is 0.456. The smallest absolute Gasteiger partial charge is 0.409 e. The topological polar surface area (TPSA) is 52.3 Å². The lowest BCUT2D eigenvalue weighted by Gasteiger charge is -2.03. The summed E-state index contributed by atoms with van der Waals surface area (Å²) in [5, 5.41) is 2.07. The summed E-state index contributed by atoms with van der Waals surface area (Å²) in [6, 6.07) is 11.2. The van der Waals surface area contributed by atoms with E-state index < -0.39 is 6.09 Å². The molecule has 0 fully saturated rings. The van der Waals surface area contributed by atoms with E-state index in [1.807, 2.05) is 24.3 Å². The first-order valence-electron chi connectivity index (χ1n) is 4.32. The summed E-state index contributed by atoms with van der Waals surface area (Å²) < 4.78 is 5.79. The van der Waals surface area contributed by atoms with E-state index in [2.05, 4.69) is 15.9 Å². The number of nitrogens with two attached hydrogens (primary N) is 1. The molecule has 2 rings (SSSR count). The standard InChI is InChI=1S/C11H8BrNO2/c12-9-3-1-8-6-10(15-11(13)14)4-2-7(8)5-9/h1-6H,(H2,13,14). The van der Waals surface area contributed by atoms with Gasteiger partial charge in [0, 0.05) is 4.47 Å². The van der Waals surface area contributed by atoms with Gasteiger partial charge in [-0.25, -0.2) is 4.79 Å². The number of carbonyl (C=O) groups is 1. The average Bonchev–Trinajstić information content (AvgIpc) is 2.17. The zero-order valence-electron chi connectivity index (χ0n) is 7.74. The van der Waals surface area contributed by atoms with Gasteiger partial charge in [-0.05, 0) is 35.0 Å². The van der Waals surface area contributed by atoms with Crippen LogP contribution in [-0.2, 0) is 0 Å². The molecule has 0 atom stereocenters. The van der Waals surface area contributed by atoms with Gasteiger partial charge in [0.15, 0.2) is 0 Å². The average molecular weight is 266 g/mol. The van der Waals surface area contributed by atoms with Crippen LogP contribution in [0.5, 0.6) is 5.75 Å². The maximum absolute atomic E-state index is 10.6. The number of hydrogen-bond acceptors (Lipinski definition) is 2. The number of hydrogen-bond donors (Lipinski definition) is 1. The van der Waals surface area contributed by atoms with Crippen LogP contribution in [-0.4, -0.2) is 6.09 Å². The molecule has 0 aromatic heterocycles. The molecule has 0 unspecified atom stereocenters. The van der Waals surface area contributed by atoms with Crippen LogP contribution < -0.4 is 10.5 Å². The van der Waals surface area contributed by atoms with Crippen molar-refractivity contribution < 1.29 is 9.53 Å². The number of ether oxygens (including phenoxy) is 1. The van der Waals surface area contributed by atoms with Crippen LogP contribution in [0.2, 0.25) is 0 Å². The molecule has 0 heterocycles. The molecule has 0 saturated heterocycles. The number of halogens is 1. The second-order valence-electron chi connectivity index (χ2n) is 3.07. The van der Waals surface area contributed by atoms with E-state index in [0.717, 1.165) is 15.2 Å². The summed E-state index contributed by atoms with van der Waals surface area (Å²) in [4.78, 5) is 10.6. The molecule has 2 aromatic carbocycles. The van der Waals surface area contributed by atoms with Crippen LogP contribution in [0.25, 0.3) is 10.8 Å². The van der Waals surface area contributed by atoms with E-state index in [1.165, 1.54) is 0 Å². The van der Waals surface area contributed by atoms with Gasteiger partial charge in [0.25, 0.3) is 0 Å². The van der Waals surface area contributed by atoms with Crippen molar-refractivity contribution in [3.8, 4) is 5.75 Å². The predicted molar refractivity (Wildman–Crippen MR) is 61.9 cm³/mol. The molecule has 0 aliphatic heterocycles. The molecule has 3 nitrogen and oxygen atoms in total. The highest BCUT2D eigenvalue weighted by Crippen LogP contribution is 2.23. The highest BCUT2D eigenvalue weighted by molar-refractivity contribution is 9.10. The lowest BCUT2D eigenvalue weighted by Crippen LogP contribution is -2.16. The molecule has 0 aliphatic carbocycles. The molecule has 0 bridgehead atoms. The zero-order chi connectivity index (χ0) is 10.8. The highest BCUT2D eigenvalue weighted by atomic mass is 79.9. The van der Waals surface area contributed by atoms with Crippen molar-refractivity contribution in [2.75, 3.05) is 0 Å². The van der Waals surface area contributed by atoms with Crippen molar-refractivity contribution in [3.05, 3.63) is 40.9 Å². The maximum Gasteiger partial charge on any atom is 0.409 e. The molecule has 2 aromatic rings. The monoisotopic (exact) mass is 265 g/mol. The molecule has 0 aliphatic rings. The molecule has 0 saturated carbocycles. The van der Waals surface area contributed by atoms with Gasteiger partial charge in [-0.1, -0.05) is 28.1 Å². The van der Waals surface area contributed by atoms with Gasteiger partial charge in [-0.2, -0.15) is 0 Å². The molecular weight excluding hydrogens is 258 g/mol. The molecule has 0 radical (unpaired) electrons. The fourth-order valence-electron chi connectivity index (χ4n) is 1.37. The minimum atomic E-state index is -0.800. The third-order valence-electron chi connectivity index (χ3n) is 1.99. The van der Waals surface area contributed by atoms with Gasteiger partial charge >= 0.3 is 6.09 Å².